The van der Waals surface area contributed by atoms with E-state index in [0.717, 1.165) is 5.56 Å². The van der Waals surface area contributed by atoms with E-state index < -0.39 is 5.23 Å². The zero-order valence-electron chi connectivity index (χ0n) is 13.6. The first-order valence-corrected chi connectivity index (χ1v) is 8.29. The second-order valence-electron chi connectivity index (χ2n) is 5.67. The number of quaternary nitrogens is 1. The lowest BCUT2D eigenvalue weighted by Crippen LogP contribution is -2.99. The van der Waals surface area contributed by atoms with Gasteiger partial charge in [-0.15, -0.1) is 0 Å². The highest BCUT2D eigenvalue weighted by atomic mass is 35.5. The summed E-state index contributed by atoms with van der Waals surface area (Å²) >= 11 is 6.05. The molecule has 1 heterocycles. The third-order valence-corrected chi connectivity index (χ3v) is 4.14. The molecule has 134 valence electrons. The average molecular weight is 373 g/mol. The Balaban J connectivity index is 1.63. The summed E-state index contributed by atoms with van der Waals surface area (Å²) in [6, 6.07) is 11.5. The van der Waals surface area contributed by atoms with Crippen LogP contribution in [0.4, 0.5) is 17.1 Å². The third kappa shape index (κ3) is 4.47. The molecule has 1 amide bonds. The number of hydrogen-bond acceptors (Lipinski definition) is 5. The summed E-state index contributed by atoms with van der Waals surface area (Å²) in [5, 5.41) is 25.6. The van der Waals surface area contributed by atoms with E-state index in [9.17, 15) is 10.0 Å². The largest absolute Gasteiger partial charge is 0.595 e. The first-order valence-electron chi connectivity index (χ1n) is 7.91. The highest BCUT2D eigenvalue weighted by Crippen LogP contribution is 2.28. The molecule has 0 aromatic heterocycles. The normalized spacial score (nSPS) is 17.3. The number of hydrogen-bond donors (Lipinski definition) is 4. The molecule has 0 aliphatic carbocycles. The molecule has 7 nitrogen and oxygen atoms in total. The number of benzene rings is 2. The number of anilines is 1. The number of carbonyl (C=O) groups excluding carboxylic acids is 1. The van der Waals surface area contributed by atoms with Crippen LogP contribution >= 0.6 is 11.6 Å². The fraction of sp³-hybridized carbons (Fsp3) is 0.111. The fourth-order valence-corrected chi connectivity index (χ4v) is 2.66. The van der Waals surface area contributed by atoms with Gasteiger partial charge in [0.05, 0.1) is 17.4 Å². The van der Waals surface area contributed by atoms with Gasteiger partial charge in [0, 0.05) is 36.0 Å². The molecule has 2 aromatic carbocycles. The summed E-state index contributed by atoms with van der Waals surface area (Å²) < 4.78 is 0. The Kier molecular flexibility index (Phi) is 5.65. The van der Waals surface area contributed by atoms with Gasteiger partial charge >= 0.3 is 0 Å². The van der Waals surface area contributed by atoms with Crippen LogP contribution in [-0.4, -0.2) is 29.9 Å². The fourth-order valence-electron chi connectivity index (χ4n) is 2.46. The molecule has 2 atom stereocenters. The first-order chi connectivity index (χ1) is 12.5. The Bertz CT molecular complexity index is 867. The number of halogens is 1. The van der Waals surface area contributed by atoms with E-state index in [0.29, 0.717) is 22.9 Å². The summed E-state index contributed by atoms with van der Waals surface area (Å²) in [4.78, 5) is 16.4. The molecule has 8 heteroatoms. The van der Waals surface area contributed by atoms with Crippen molar-refractivity contribution in [1.29, 1.82) is 0 Å². The van der Waals surface area contributed by atoms with Gasteiger partial charge < -0.3 is 15.8 Å². The molecule has 1 aliphatic rings. The number of carbonyl (C=O) groups is 1. The number of rotatable bonds is 4. The van der Waals surface area contributed by atoms with Crippen molar-refractivity contribution in [3.8, 4) is 0 Å². The smallest absolute Gasteiger partial charge is 0.244 e. The van der Waals surface area contributed by atoms with E-state index in [-0.39, 0.29) is 17.6 Å². The van der Waals surface area contributed by atoms with Gasteiger partial charge in [0.15, 0.2) is 5.69 Å². The molecule has 0 saturated carbocycles. The second kappa shape index (κ2) is 8.11. The predicted octanol–water partition coefficient (Wildman–Crippen LogP) is 2.07. The minimum absolute atomic E-state index is 0.177. The van der Waals surface area contributed by atoms with Gasteiger partial charge in [-0.25, -0.2) is 5.21 Å². The lowest BCUT2D eigenvalue weighted by molar-refractivity contribution is -0.991. The maximum absolute atomic E-state index is 12.1. The molecule has 26 heavy (non-hydrogen) atoms. The van der Waals surface area contributed by atoms with Gasteiger partial charge in [-0.2, -0.15) is 5.23 Å². The minimum Gasteiger partial charge on any atom is -0.595 e. The lowest BCUT2D eigenvalue weighted by Gasteiger charge is -2.15. The van der Waals surface area contributed by atoms with E-state index >= 15 is 0 Å². The molecule has 0 fully saturated rings. The summed E-state index contributed by atoms with van der Waals surface area (Å²) in [6.07, 6.45) is 4.68. The Morgan fingerprint density at radius 1 is 1.38 bits per heavy atom. The van der Waals surface area contributed by atoms with Crippen LogP contribution in [0.15, 0.2) is 53.5 Å². The van der Waals surface area contributed by atoms with Crippen molar-refractivity contribution in [3.63, 3.8) is 0 Å². The van der Waals surface area contributed by atoms with Crippen LogP contribution < -0.4 is 15.9 Å². The summed E-state index contributed by atoms with van der Waals surface area (Å²) in [6.45, 7) is 0.394. The number of fused-ring (bicyclic) bond motifs is 1. The summed E-state index contributed by atoms with van der Waals surface area (Å²) in [7, 11) is 0. The maximum atomic E-state index is 12.1. The van der Waals surface area contributed by atoms with Gasteiger partial charge in [0.25, 0.3) is 0 Å². The third-order valence-electron chi connectivity index (χ3n) is 3.80. The van der Waals surface area contributed by atoms with E-state index in [1.807, 2.05) is 18.2 Å². The van der Waals surface area contributed by atoms with Crippen molar-refractivity contribution in [2.45, 2.75) is 6.04 Å². The van der Waals surface area contributed by atoms with Gasteiger partial charge in [-0.05, 0) is 23.8 Å². The molecular formula is C18H17ClN4O3. The summed E-state index contributed by atoms with van der Waals surface area (Å²) in [5.41, 5.74) is 2.17. The van der Waals surface area contributed by atoms with E-state index in [1.54, 1.807) is 24.4 Å². The molecule has 0 bridgehead atoms. The van der Waals surface area contributed by atoms with Gasteiger partial charge in [-0.1, -0.05) is 29.8 Å². The van der Waals surface area contributed by atoms with E-state index in [4.69, 9.17) is 16.8 Å². The summed E-state index contributed by atoms with van der Waals surface area (Å²) in [5.74, 6) is -0.277. The number of nitrogens with zero attached hydrogens (tertiary/aromatic N) is 1. The zero-order valence-corrected chi connectivity index (χ0v) is 14.4. The molecule has 4 N–H and O–H groups in total. The van der Waals surface area contributed by atoms with Crippen LogP contribution in [0.3, 0.4) is 0 Å². The number of amides is 1. The van der Waals surface area contributed by atoms with Gasteiger partial charge in [0.1, 0.15) is 0 Å². The average Bonchev–Trinajstić information content (AvgIpc) is 2.83. The van der Waals surface area contributed by atoms with E-state index in [2.05, 4.69) is 15.6 Å². The monoisotopic (exact) mass is 372 g/mol. The second-order valence-corrected chi connectivity index (χ2v) is 6.07. The first kappa shape index (κ1) is 18.1. The Morgan fingerprint density at radius 2 is 2.19 bits per heavy atom. The van der Waals surface area contributed by atoms with Crippen molar-refractivity contribution in [3.05, 3.63) is 64.3 Å². The molecule has 0 spiro atoms. The van der Waals surface area contributed by atoms with Crippen molar-refractivity contribution >= 4 is 46.9 Å². The molecule has 2 unspecified atom stereocenters. The quantitative estimate of drug-likeness (QED) is 0.487. The lowest BCUT2D eigenvalue weighted by atomic mass is 10.2. The van der Waals surface area contributed by atoms with Crippen molar-refractivity contribution in [1.82, 2.24) is 5.32 Å². The van der Waals surface area contributed by atoms with E-state index in [1.165, 1.54) is 18.2 Å². The van der Waals surface area contributed by atoms with Crippen molar-refractivity contribution in [2.24, 2.45) is 4.99 Å². The molecule has 2 aromatic rings. The zero-order chi connectivity index (χ0) is 18.5. The van der Waals surface area contributed by atoms with Crippen molar-refractivity contribution in [2.75, 3.05) is 11.9 Å². The van der Waals surface area contributed by atoms with Crippen LogP contribution in [0, 0.1) is 5.21 Å². The van der Waals surface area contributed by atoms with Crippen LogP contribution in [0.2, 0.25) is 5.02 Å². The highest BCUT2D eigenvalue weighted by Gasteiger charge is 2.15. The van der Waals surface area contributed by atoms with Gasteiger partial charge in [0.2, 0.25) is 5.91 Å². The minimum atomic E-state index is -1.00. The molecule has 0 saturated heterocycles. The molecule has 3 rings (SSSR count). The number of nitrogens with one attached hydrogen (secondary N) is 3. The molecule has 0 radical (unpaired) electrons. The van der Waals surface area contributed by atoms with Crippen molar-refractivity contribution < 1.29 is 15.2 Å². The maximum Gasteiger partial charge on any atom is 0.244 e. The van der Waals surface area contributed by atoms with Crippen LogP contribution in [-0.2, 0) is 4.79 Å². The Morgan fingerprint density at radius 3 is 2.96 bits per heavy atom. The predicted molar refractivity (Wildman–Crippen MR) is 101 cm³/mol. The SMILES string of the molecule is O=C(/C=C/c1ccccc1Cl)NC1C=Nc2ccc([NH+]([O-])O)cc2NC1. The Labute approximate surface area is 155 Å². The molecular weight excluding hydrogens is 356 g/mol. The Hall–Kier alpha value is -2.71. The highest BCUT2D eigenvalue weighted by molar-refractivity contribution is 6.32. The standard InChI is InChI=1S/C18H17ClN4O3/c19-15-4-2-1-3-12(15)5-8-18(24)22-13-10-20-16-7-6-14(23(25)26)9-17(16)21-11-13/h1-10,13,21,23,25H,11H2,(H,22,24)/b8-5+. The number of aliphatic imine (C=N–C) groups is 1. The topological polar surface area (TPSA) is 101 Å². The van der Waals surface area contributed by atoms with Crippen LogP contribution in [0.25, 0.3) is 6.08 Å². The molecule has 1 aliphatic heterocycles. The van der Waals surface area contributed by atoms with Crippen LogP contribution in [0.5, 0.6) is 0 Å². The van der Waals surface area contributed by atoms with Crippen LogP contribution in [0.1, 0.15) is 5.56 Å². The van der Waals surface area contributed by atoms with Gasteiger partial charge in [-0.3, -0.25) is 9.79 Å².